The van der Waals surface area contributed by atoms with E-state index in [0.717, 1.165) is 13.7 Å². The van der Waals surface area contributed by atoms with E-state index < -0.39 is 11.9 Å². The second-order valence-corrected chi connectivity index (χ2v) is 9.42. The average Bonchev–Trinajstić information content (AvgIpc) is 3.15. The van der Waals surface area contributed by atoms with Crippen LogP contribution in [0.15, 0.2) is 56.3 Å². The summed E-state index contributed by atoms with van der Waals surface area (Å²) in [5.74, 6) is -0.465. The van der Waals surface area contributed by atoms with Crippen molar-refractivity contribution in [3.8, 4) is 5.75 Å². The minimum atomic E-state index is -0.506. The predicted octanol–water partition coefficient (Wildman–Crippen LogP) is 4.54. The van der Waals surface area contributed by atoms with Crippen molar-refractivity contribution in [1.29, 1.82) is 0 Å². The lowest BCUT2D eigenvalue weighted by Crippen LogP contribution is -2.33. The molecule has 8 nitrogen and oxygen atoms in total. The molecule has 0 aliphatic heterocycles. The van der Waals surface area contributed by atoms with Crippen LogP contribution in [0, 0.1) is 0 Å². The van der Waals surface area contributed by atoms with Crippen LogP contribution in [-0.4, -0.2) is 52.1 Å². The monoisotopic (exact) mass is 522 g/mol. The fourth-order valence-electron chi connectivity index (χ4n) is 2.50. The van der Waals surface area contributed by atoms with E-state index in [1.54, 1.807) is 25.3 Å². The van der Waals surface area contributed by atoms with Crippen LogP contribution in [0.25, 0.3) is 0 Å². The maximum absolute atomic E-state index is 12.7. The Morgan fingerprint density at radius 1 is 1.32 bits per heavy atom. The van der Waals surface area contributed by atoms with Gasteiger partial charge in [-0.25, -0.2) is 9.97 Å². The molecule has 11 heteroatoms. The van der Waals surface area contributed by atoms with Crippen LogP contribution in [0.1, 0.15) is 17.3 Å². The highest BCUT2D eigenvalue weighted by Crippen LogP contribution is 2.36. The van der Waals surface area contributed by atoms with E-state index in [0.29, 0.717) is 10.9 Å². The predicted molar refractivity (Wildman–Crippen MR) is 123 cm³/mol. The molecular weight excluding hydrogens is 504 g/mol. The first kappa shape index (κ1) is 23.0. The number of likely N-dealkylation sites (N-methyl/N-ethyl adjacent to an activating group) is 1. The number of hydrogen-bond acceptors (Lipinski definition) is 9. The van der Waals surface area contributed by atoms with Crippen molar-refractivity contribution in [1.82, 2.24) is 14.9 Å². The number of ether oxygens (including phenoxy) is 1. The first-order valence-electron chi connectivity index (χ1n) is 9.13. The molecule has 0 unspecified atom stereocenters. The normalized spacial score (nSPS) is 10.5. The molecule has 0 spiro atoms. The van der Waals surface area contributed by atoms with E-state index in [1.807, 2.05) is 18.2 Å². The van der Waals surface area contributed by atoms with Gasteiger partial charge in [-0.1, -0.05) is 29.2 Å². The van der Waals surface area contributed by atoms with Crippen LogP contribution >= 0.6 is 39.0 Å². The maximum atomic E-state index is 12.7. The average molecular weight is 523 g/mol. The summed E-state index contributed by atoms with van der Waals surface area (Å²) in [4.78, 5) is 34.9. The second kappa shape index (κ2) is 10.6. The third-order valence-electron chi connectivity index (χ3n) is 3.87. The van der Waals surface area contributed by atoms with Gasteiger partial charge in [0.15, 0.2) is 5.13 Å². The number of anilines is 2. The van der Waals surface area contributed by atoms with Gasteiger partial charge in [0, 0.05) is 11.9 Å². The van der Waals surface area contributed by atoms with Crippen molar-refractivity contribution in [3.05, 3.63) is 52.8 Å². The van der Waals surface area contributed by atoms with Crippen molar-refractivity contribution in [2.24, 2.45) is 0 Å². The van der Waals surface area contributed by atoms with Gasteiger partial charge in [-0.05, 0) is 53.2 Å². The number of nitrogens with zero attached hydrogens (tertiary/aromatic N) is 3. The van der Waals surface area contributed by atoms with E-state index in [1.165, 1.54) is 41.1 Å². The molecule has 0 bridgehead atoms. The van der Waals surface area contributed by atoms with Gasteiger partial charge in [-0.2, -0.15) is 0 Å². The summed E-state index contributed by atoms with van der Waals surface area (Å²) in [6, 6.07) is 10.3. The first-order valence-corrected chi connectivity index (χ1v) is 11.6. The minimum Gasteiger partial charge on any atom is -0.507 e. The highest BCUT2D eigenvalue weighted by molar-refractivity contribution is 9.10. The number of hydrogen-bond donors (Lipinski definition) is 2. The molecular formula is C20H19BrN4O4S2. The van der Waals surface area contributed by atoms with E-state index >= 15 is 0 Å². The van der Waals surface area contributed by atoms with Gasteiger partial charge < -0.3 is 20.1 Å². The van der Waals surface area contributed by atoms with E-state index in [4.69, 9.17) is 4.74 Å². The SMILES string of the molecule is CCOC(=O)CN(C)C(=O)c1cc(Sc2cnc(Nc3cccc(Br)n3)s2)ccc1O. The molecule has 31 heavy (non-hydrogen) atoms. The number of phenols is 1. The Labute approximate surface area is 195 Å². The number of esters is 1. The summed E-state index contributed by atoms with van der Waals surface area (Å²) < 4.78 is 6.48. The van der Waals surface area contributed by atoms with Crippen LogP contribution in [0.4, 0.5) is 10.9 Å². The molecule has 2 N–H and O–H groups in total. The number of phenolic OH excluding ortho intramolecular Hbond substituents is 1. The molecule has 2 heterocycles. The lowest BCUT2D eigenvalue weighted by Gasteiger charge is -2.17. The van der Waals surface area contributed by atoms with Crippen LogP contribution in [-0.2, 0) is 9.53 Å². The Kier molecular flexibility index (Phi) is 7.88. The van der Waals surface area contributed by atoms with Gasteiger partial charge in [0.1, 0.15) is 22.7 Å². The number of rotatable bonds is 8. The quantitative estimate of drug-likeness (QED) is 0.328. The standard InChI is InChI=1S/C20H19BrN4O4S2/c1-3-29-17(27)11-25(2)19(28)13-9-12(7-8-14(13)26)30-18-10-22-20(31-18)24-16-6-4-5-15(21)23-16/h4-10,26H,3,11H2,1-2H3,(H,22,23,24). The lowest BCUT2D eigenvalue weighted by molar-refractivity contribution is -0.143. The van der Waals surface area contributed by atoms with E-state index in [-0.39, 0.29) is 24.5 Å². The molecule has 0 radical (unpaired) electrons. The molecule has 2 aromatic heterocycles. The molecule has 3 rings (SSSR count). The van der Waals surface area contributed by atoms with Crippen molar-refractivity contribution >= 4 is 61.9 Å². The second-order valence-electron chi connectivity index (χ2n) is 6.20. The Morgan fingerprint density at radius 2 is 2.13 bits per heavy atom. The number of nitrogens with one attached hydrogen (secondary N) is 1. The fraction of sp³-hybridized carbons (Fsp3) is 0.200. The van der Waals surface area contributed by atoms with Crippen LogP contribution < -0.4 is 5.32 Å². The topological polar surface area (TPSA) is 105 Å². The maximum Gasteiger partial charge on any atom is 0.325 e. The smallest absolute Gasteiger partial charge is 0.325 e. The van der Waals surface area contributed by atoms with Gasteiger partial charge in [0.25, 0.3) is 5.91 Å². The van der Waals surface area contributed by atoms with Gasteiger partial charge >= 0.3 is 5.97 Å². The van der Waals surface area contributed by atoms with Crippen molar-refractivity contribution in [3.63, 3.8) is 0 Å². The Hall–Kier alpha value is -2.63. The van der Waals surface area contributed by atoms with Crippen LogP contribution in [0.3, 0.4) is 0 Å². The zero-order valence-corrected chi connectivity index (χ0v) is 19.9. The molecule has 0 saturated carbocycles. The minimum absolute atomic E-state index is 0.109. The van der Waals surface area contributed by atoms with Crippen molar-refractivity contribution < 1.29 is 19.4 Å². The lowest BCUT2D eigenvalue weighted by atomic mass is 10.2. The number of halogens is 1. The summed E-state index contributed by atoms with van der Waals surface area (Å²) in [6.07, 6.45) is 1.72. The van der Waals surface area contributed by atoms with Gasteiger partial charge in [-0.15, -0.1) is 0 Å². The van der Waals surface area contributed by atoms with Crippen LogP contribution in [0.5, 0.6) is 5.75 Å². The Morgan fingerprint density at radius 3 is 2.87 bits per heavy atom. The van der Waals surface area contributed by atoms with Crippen molar-refractivity contribution in [2.75, 3.05) is 25.5 Å². The number of carbonyl (C=O) groups excluding carboxylic acids is 2. The van der Waals surface area contributed by atoms with Gasteiger partial charge in [0.05, 0.1) is 22.6 Å². The summed E-state index contributed by atoms with van der Waals surface area (Å²) in [5.41, 5.74) is 0.109. The number of thiazole rings is 1. The Bertz CT molecular complexity index is 1090. The molecule has 0 atom stereocenters. The molecule has 3 aromatic rings. The number of amides is 1. The summed E-state index contributed by atoms with van der Waals surface area (Å²) >= 11 is 6.17. The molecule has 1 aromatic carbocycles. The fourth-order valence-corrected chi connectivity index (χ4v) is 4.74. The zero-order chi connectivity index (χ0) is 22.4. The third-order valence-corrected chi connectivity index (χ3v) is 6.32. The Balaban J connectivity index is 1.70. The molecule has 0 aliphatic carbocycles. The zero-order valence-electron chi connectivity index (χ0n) is 16.7. The van der Waals surface area contributed by atoms with Gasteiger partial charge in [-0.3, -0.25) is 9.59 Å². The number of carbonyl (C=O) groups is 2. The van der Waals surface area contributed by atoms with Gasteiger partial charge in [0.2, 0.25) is 0 Å². The third kappa shape index (κ3) is 6.42. The summed E-state index contributed by atoms with van der Waals surface area (Å²) in [5, 5.41) is 14.0. The van der Waals surface area contributed by atoms with E-state index in [9.17, 15) is 14.7 Å². The number of pyridine rings is 1. The number of aromatic hydroxyl groups is 1. The molecule has 0 saturated heterocycles. The van der Waals surface area contributed by atoms with Crippen LogP contribution in [0.2, 0.25) is 0 Å². The summed E-state index contributed by atoms with van der Waals surface area (Å²) in [6.45, 7) is 1.74. The number of benzene rings is 1. The molecule has 162 valence electrons. The summed E-state index contributed by atoms with van der Waals surface area (Å²) in [7, 11) is 1.48. The highest BCUT2D eigenvalue weighted by Gasteiger charge is 2.19. The molecule has 1 amide bonds. The molecule has 0 aliphatic rings. The largest absolute Gasteiger partial charge is 0.507 e. The number of aromatic nitrogens is 2. The van der Waals surface area contributed by atoms with Crippen molar-refractivity contribution in [2.45, 2.75) is 16.0 Å². The molecule has 0 fully saturated rings. The first-order chi connectivity index (χ1) is 14.9. The highest BCUT2D eigenvalue weighted by atomic mass is 79.9. The van der Waals surface area contributed by atoms with E-state index in [2.05, 4.69) is 31.2 Å².